The highest BCUT2D eigenvalue weighted by Gasteiger charge is 2.33. The molecular formula is C16H24N2O. The maximum atomic E-state index is 12.1. The van der Waals surface area contributed by atoms with Gasteiger partial charge in [0.1, 0.15) is 0 Å². The van der Waals surface area contributed by atoms with E-state index in [0.29, 0.717) is 11.8 Å². The predicted octanol–water partition coefficient (Wildman–Crippen LogP) is 3.48. The first-order valence-corrected chi connectivity index (χ1v) is 7.20. The van der Waals surface area contributed by atoms with Gasteiger partial charge in [-0.25, -0.2) is 4.79 Å². The van der Waals surface area contributed by atoms with E-state index in [9.17, 15) is 4.79 Å². The molecule has 1 fully saturated rings. The molecule has 0 aromatic heterocycles. The van der Waals surface area contributed by atoms with Gasteiger partial charge in [0.05, 0.1) is 6.04 Å². The summed E-state index contributed by atoms with van der Waals surface area (Å²) in [6.45, 7) is 6.26. The predicted molar refractivity (Wildman–Crippen MR) is 77.9 cm³/mol. The molecule has 0 saturated heterocycles. The lowest BCUT2D eigenvalue weighted by Crippen LogP contribution is -2.44. The molecule has 0 aliphatic heterocycles. The molecule has 0 spiro atoms. The molecule has 104 valence electrons. The van der Waals surface area contributed by atoms with Gasteiger partial charge >= 0.3 is 6.03 Å². The second kappa shape index (κ2) is 6.09. The summed E-state index contributed by atoms with van der Waals surface area (Å²) in [4.78, 5) is 12.1. The first-order valence-electron chi connectivity index (χ1n) is 7.20. The smallest absolute Gasteiger partial charge is 0.315 e. The molecule has 2 rings (SSSR count). The summed E-state index contributed by atoms with van der Waals surface area (Å²) in [5.41, 5.74) is 1.21. The molecule has 1 saturated carbocycles. The van der Waals surface area contributed by atoms with E-state index < -0.39 is 0 Å². The number of urea groups is 1. The number of rotatable bonds is 5. The maximum Gasteiger partial charge on any atom is 0.315 e. The van der Waals surface area contributed by atoms with Crippen LogP contribution in [-0.4, -0.2) is 12.1 Å². The summed E-state index contributed by atoms with van der Waals surface area (Å²) >= 11 is 0. The SMILES string of the molecule is CC(C)C(C)NC(=O)NC(c1ccccc1)C1CC1. The van der Waals surface area contributed by atoms with Crippen molar-refractivity contribution < 1.29 is 4.79 Å². The molecule has 1 aliphatic carbocycles. The number of nitrogens with one attached hydrogen (secondary N) is 2. The molecule has 1 aliphatic rings. The van der Waals surface area contributed by atoms with Gasteiger partial charge in [-0.1, -0.05) is 44.2 Å². The van der Waals surface area contributed by atoms with E-state index in [2.05, 4.69) is 36.6 Å². The zero-order chi connectivity index (χ0) is 13.8. The summed E-state index contributed by atoms with van der Waals surface area (Å²) in [7, 11) is 0. The van der Waals surface area contributed by atoms with Gasteiger partial charge in [0.15, 0.2) is 0 Å². The van der Waals surface area contributed by atoms with Gasteiger partial charge in [-0.3, -0.25) is 0 Å². The van der Waals surface area contributed by atoms with Crippen LogP contribution in [0.15, 0.2) is 30.3 Å². The van der Waals surface area contributed by atoms with Crippen LogP contribution in [0.5, 0.6) is 0 Å². The molecule has 2 N–H and O–H groups in total. The highest BCUT2D eigenvalue weighted by Crippen LogP contribution is 2.40. The lowest BCUT2D eigenvalue weighted by atomic mass is 10.0. The third kappa shape index (κ3) is 3.98. The largest absolute Gasteiger partial charge is 0.335 e. The van der Waals surface area contributed by atoms with Gasteiger partial charge in [-0.15, -0.1) is 0 Å². The van der Waals surface area contributed by atoms with Gasteiger partial charge in [-0.05, 0) is 37.2 Å². The normalized spacial score (nSPS) is 17.9. The Bertz CT molecular complexity index is 412. The monoisotopic (exact) mass is 260 g/mol. The van der Waals surface area contributed by atoms with Crippen LogP contribution >= 0.6 is 0 Å². The van der Waals surface area contributed by atoms with Crippen molar-refractivity contribution in [3.8, 4) is 0 Å². The molecule has 19 heavy (non-hydrogen) atoms. The number of hydrogen-bond acceptors (Lipinski definition) is 1. The zero-order valence-electron chi connectivity index (χ0n) is 12.0. The van der Waals surface area contributed by atoms with E-state index >= 15 is 0 Å². The van der Waals surface area contributed by atoms with Crippen LogP contribution in [0, 0.1) is 11.8 Å². The molecule has 1 aromatic carbocycles. The fourth-order valence-corrected chi connectivity index (χ4v) is 2.12. The Labute approximate surface area is 115 Å². The second-order valence-corrected chi connectivity index (χ2v) is 5.88. The highest BCUT2D eigenvalue weighted by atomic mass is 16.2. The third-order valence-electron chi connectivity index (χ3n) is 3.90. The molecule has 3 heteroatoms. The molecule has 0 heterocycles. The minimum absolute atomic E-state index is 0.0537. The van der Waals surface area contributed by atoms with E-state index in [-0.39, 0.29) is 18.1 Å². The minimum atomic E-state index is -0.0537. The number of benzene rings is 1. The van der Waals surface area contributed by atoms with Crippen molar-refractivity contribution in [2.45, 2.75) is 45.7 Å². The Morgan fingerprint density at radius 1 is 1.11 bits per heavy atom. The van der Waals surface area contributed by atoms with Crippen molar-refractivity contribution in [3.05, 3.63) is 35.9 Å². The average molecular weight is 260 g/mol. The summed E-state index contributed by atoms with van der Waals surface area (Å²) in [6.07, 6.45) is 2.42. The highest BCUT2D eigenvalue weighted by molar-refractivity contribution is 5.74. The second-order valence-electron chi connectivity index (χ2n) is 5.88. The molecule has 2 atom stereocenters. The average Bonchev–Trinajstić information content (AvgIpc) is 3.21. The Morgan fingerprint density at radius 3 is 2.26 bits per heavy atom. The van der Waals surface area contributed by atoms with E-state index in [0.717, 1.165) is 0 Å². The number of carbonyl (C=O) groups excluding carboxylic acids is 1. The Kier molecular flexibility index (Phi) is 4.46. The van der Waals surface area contributed by atoms with Crippen LogP contribution in [0.2, 0.25) is 0 Å². The molecule has 1 aromatic rings. The first-order chi connectivity index (χ1) is 9.08. The Morgan fingerprint density at radius 2 is 1.74 bits per heavy atom. The summed E-state index contributed by atoms with van der Waals surface area (Å²) in [5.74, 6) is 1.05. The van der Waals surface area contributed by atoms with Crippen LogP contribution in [0.4, 0.5) is 4.79 Å². The molecule has 2 unspecified atom stereocenters. The lowest BCUT2D eigenvalue weighted by molar-refractivity contribution is 0.229. The number of carbonyl (C=O) groups is 1. The van der Waals surface area contributed by atoms with Crippen molar-refractivity contribution in [2.75, 3.05) is 0 Å². The maximum absolute atomic E-state index is 12.1. The fourth-order valence-electron chi connectivity index (χ4n) is 2.12. The number of hydrogen-bond donors (Lipinski definition) is 2. The van der Waals surface area contributed by atoms with Crippen molar-refractivity contribution in [1.82, 2.24) is 10.6 Å². The fraction of sp³-hybridized carbons (Fsp3) is 0.562. The van der Waals surface area contributed by atoms with Crippen molar-refractivity contribution >= 4 is 6.03 Å². The van der Waals surface area contributed by atoms with E-state index in [1.54, 1.807) is 0 Å². The van der Waals surface area contributed by atoms with Gasteiger partial charge in [-0.2, -0.15) is 0 Å². The van der Waals surface area contributed by atoms with E-state index in [1.807, 2.05) is 25.1 Å². The third-order valence-corrected chi connectivity index (χ3v) is 3.90. The molecule has 2 amide bonds. The Hall–Kier alpha value is -1.51. The van der Waals surface area contributed by atoms with Crippen LogP contribution in [0.25, 0.3) is 0 Å². The van der Waals surface area contributed by atoms with Crippen molar-refractivity contribution in [2.24, 2.45) is 11.8 Å². The van der Waals surface area contributed by atoms with Gasteiger partial charge in [0, 0.05) is 6.04 Å². The topological polar surface area (TPSA) is 41.1 Å². The first kappa shape index (κ1) is 13.9. The molecule has 3 nitrogen and oxygen atoms in total. The van der Waals surface area contributed by atoms with Gasteiger partial charge in [0.2, 0.25) is 0 Å². The van der Waals surface area contributed by atoms with Crippen LogP contribution in [0.1, 0.15) is 45.2 Å². The lowest BCUT2D eigenvalue weighted by Gasteiger charge is -2.22. The molecular weight excluding hydrogens is 236 g/mol. The molecule has 0 bridgehead atoms. The van der Waals surface area contributed by atoms with E-state index in [1.165, 1.54) is 18.4 Å². The summed E-state index contributed by atoms with van der Waals surface area (Å²) in [6, 6.07) is 10.5. The summed E-state index contributed by atoms with van der Waals surface area (Å²) in [5, 5.41) is 6.14. The van der Waals surface area contributed by atoms with Crippen molar-refractivity contribution in [3.63, 3.8) is 0 Å². The van der Waals surface area contributed by atoms with Gasteiger partial charge < -0.3 is 10.6 Å². The summed E-state index contributed by atoms with van der Waals surface area (Å²) < 4.78 is 0. The van der Waals surface area contributed by atoms with Crippen LogP contribution in [-0.2, 0) is 0 Å². The number of amides is 2. The minimum Gasteiger partial charge on any atom is -0.335 e. The van der Waals surface area contributed by atoms with E-state index in [4.69, 9.17) is 0 Å². The van der Waals surface area contributed by atoms with Crippen molar-refractivity contribution in [1.29, 1.82) is 0 Å². The standard InChI is InChI=1S/C16H24N2O/c1-11(2)12(3)17-16(19)18-15(14-9-10-14)13-7-5-4-6-8-13/h4-8,11-12,14-15H,9-10H2,1-3H3,(H2,17,18,19). The van der Waals surface area contributed by atoms with Crippen LogP contribution in [0.3, 0.4) is 0 Å². The quantitative estimate of drug-likeness (QED) is 0.836. The van der Waals surface area contributed by atoms with Crippen LogP contribution < -0.4 is 10.6 Å². The Balaban J connectivity index is 1.96. The molecule has 0 radical (unpaired) electrons. The zero-order valence-corrected chi connectivity index (χ0v) is 12.0. The van der Waals surface area contributed by atoms with Gasteiger partial charge in [0.25, 0.3) is 0 Å².